The van der Waals surface area contributed by atoms with E-state index in [0.29, 0.717) is 5.56 Å². The summed E-state index contributed by atoms with van der Waals surface area (Å²) >= 11 is 0. The molecule has 2 aromatic rings. The molecule has 0 amide bonds. The van der Waals surface area contributed by atoms with Gasteiger partial charge in [0.15, 0.2) is 11.2 Å². The Balaban J connectivity index is 1.59. The molecule has 2 N–H and O–H groups in total. The summed E-state index contributed by atoms with van der Waals surface area (Å²) in [6.45, 7) is 6.57. The minimum absolute atomic E-state index is 0.0265. The fraction of sp³-hybridized carbons (Fsp3) is 0.312. The van der Waals surface area contributed by atoms with Gasteiger partial charge in [-0.15, -0.1) is 0 Å². The highest BCUT2D eigenvalue weighted by atomic mass is 16.6. The molecule has 8 heteroatoms. The number of rotatable bonds is 6. The highest BCUT2D eigenvalue weighted by Gasteiger charge is 2.37. The van der Waals surface area contributed by atoms with Crippen molar-refractivity contribution in [2.45, 2.75) is 32.3 Å². The minimum atomic E-state index is -0.920. The Kier molecular flexibility index (Phi) is 3.47. The standard InChI is InChI=1S/C16H15NO7/c1-7(17)14(19)24-16(2,3)5-4-10(18)22-12-9-6-8-11(21-9)13(12)23-15(8)20/h6H,1,4-5,17H2,2-3H3. The highest BCUT2D eigenvalue weighted by Crippen LogP contribution is 2.49. The number of nitrogens with two attached hydrogens (primary N) is 1. The molecule has 3 rings (SSSR count). The number of esters is 3. The van der Waals surface area contributed by atoms with Crippen molar-refractivity contribution < 1.29 is 33.0 Å². The second-order valence-electron chi connectivity index (χ2n) is 6.05. The summed E-state index contributed by atoms with van der Waals surface area (Å²) in [5.41, 5.74) is 5.01. The van der Waals surface area contributed by atoms with Crippen molar-refractivity contribution in [3.63, 3.8) is 0 Å². The van der Waals surface area contributed by atoms with Gasteiger partial charge in [-0.3, -0.25) is 4.79 Å². The first kappa shape index (κ1) is 15.9. The second kappa shape index (κ2) is 5.26. The van der Waals surface area contributed by atoms with Crippen molar-refractivity contribution in [1.82, 2.24) is 0 Å². The quantitative estimate of drug-likeness (QED) is 0.483. The van der Waals surface area contributed by atoms with Gasteiger partial charge < -0.3 is 24.4 Å². The Hall–Kier alpha value is -3.03. The van der Waals surface area contributed by atoms with Gasteiger partial charge in [0, 0.05) is 12.5 Å². The topological polar surface area (TPSA) is 118 Å². The van der Waals surface area contributed by atoms with Crippen LogP contribution in [0.5, 0.6) is 11.5 Å². The molecule has 0 fully saturated rings. The predicted octanol–water partition coefficient (Wildman–Crippen LogP) is 1.88. The van der Waals surface area contributed by atoms with E-state index in [1.54, 1.807) is 13.8 Å². The summed E-state index contributed by atoms with van der Waals surface area (Å²) < 4.78 is 20.7. The van der Waals surface area contributed by atoms with E-state index < -0.39 is 23.5 Å². The summed E-state index contributed by atoms with van der Waals surface area (Å²) in [6, 6.07) is 1.47. The molecular formula is C16H15NO7. The third-order valence-corrected chi connectivity index (χ3v) is 3.56. The van der Waals surface area contributed by atoms with E-state index in [9.17, 15) is 14.4 Å². The fourth-order valence-electron chi connectivity index (χ4n) is 2.31. The lowest BCUT2D eigenvalue weighted by Crippen LogP contribution is -2.31. The van der Waals surface area contributed by atoms with E-state index >= 15 is 0 Å². The number of benzene rings is 1. The average Bonchev–Trinajstić information content (AvgIpc) is 3.09. The Labute approximate surface area is 136 Å². The van der Waals surface area contributed by atoms with Gasteiger partial charge in [-0.2, -0.15) is 0 Å². The Morgan fingerprint density at radius 1 is 1.38 bits per heavy atom. The fourth-order valence-corrected chi connectivity index (χ4v) is 2.31. The molecular weight excluding hydrogens is 318 g/mol. The largest absolute Gasteiger partial charge is 0.455 e. The van der Waals surface area contributed by atoms with E-state index in [0.717, 1.165) is 0 Å². The van der Waals surface area contributed by atoms with Gasteiger partial charge in [0.2, 0.25) is 11.5 Å². The van der Waals surface area contributed by atoms with Gasteiger partial charge in [-0.05, 0) is 20.3 Å². The lowest BCUT2D eigenvalue weighted by atomic mass is 10.0. The van der Waals surface area contributed by atoms with Crippen LogP contribution >= 0.6 is 0 Å². The lowest BCUT2D eigenvalue weighted by molar-refractivity contribution is -0.154. The first-order valence-corrected chi connectivity index (χ1v) is 7.17. The maximum atomic E-state index is 12.0. The number of carbonyl (C=O) groups excluding carboxylic acids is 3. The molecule has 24 heavy (non-hydrogen) atoms. The SMILES string of the molecule is C=C(N)C(=O)OC(C)(C)CCC(=O)Oc1c2c3oc1cc3C(=O)O2. The minimum Gasteiger partial charge on any atom is -0.455 e. The zero-order valence-corrected chi connectivity index (χ0v) is 13.1. The van der Waals surface area contributed by atoms with Crippen molar-refractivity contribution in [2.75, 3.05) is 0 Å². The third-order valence-electron chi connectivity index (χ3n) is 3.56. The van der Waals surface area contributed by atoms with E-state index in [1.165, 1.54) is 6.07 Å². The normalized spacial score (nSPS) is 13.2. The average molecular weight is 333 g/mol. The van der Waals surface area contributed by atoms with Crippen LogP contribution in [0.3, 0.4) is 0 Å². The maximum Gasteiger partial charge on any atom is 0.354 e. The van der Waals surface area contributed by atoms with E-state index in [2.05, 4.69) is 6.58 Å². The first-order valence-electron chi connectivity index (χ1n) is 7.17. The van der Waals surface area contributed by atoms with Crippen LogP contribution in [0.15, 0.2) is 22.8 Å². The molecule has 126 valence electrons. The van der Waals surface area contributed by atoms with Crippen LogP contribution in [0, 0.1) is 0 Å². The van der Waals surface area contributed by atoms with Crippen LogP contribution in [0.4, 0.5) is 0 Å². The number of hydrogen-bond acceptors (Lipinski definition) is 8. The molecule has 8 nitrogen and oxygen atoms in total. The van der Waals surface area contributed by atoms with E-state index in [4.69, 9.17) is 24.4 Å². The van der Waals surface area contributed by atoms with Crippen LogP contribution < -0.4 is 15.2 Å². The third kappa shape index (κ3) is 2.66. The summed E-state index contributed by atoms with van der Waals surface area (Å²) in [5, 5.41) is 0. The first-order chi connectivity index (χ1) is 11.2. The van der Waals surface area contributed by atoms with Crippen molar-refractivity contribution in [1.29, 1.82) is 0 Å². The molecule has 2 bridgehead atoms. The summed E-state index contributed by atoms with van der Waals surface area (Å²) in [4.78, 5) is 35.0. The Bertz CT molecular complexity index is 861. The number of fused-ring (bicyclic) bond motifs is 1. The molecule has 0 saturated carbocycles. The highest BCUT2D eigenvalue weighted by molar-refractivity contribution is 6.10. The number of furan rings is 2. The summed E-state index contributed by atoms with van der Waals surface area (Å²) in [5.74, 6) is -1.62. The predicted molar refractivity (Wildman–Crippen MR) is 80.7 cm³/mol. The molecule has 1 aliphatic heterocycles. The molecule has 0 aromatic carbocycles. The number of ether oxygens (including phenoxy) is 3. The van der Waals surface area contributed by atoms with Gasteiger partial charge >= 0.3 is 17.9 Å². The molecule has 2 aromatic heterocycles. The van der Waals surface area contributed by atoms with Gasteiger partial charge in [-0.1, -0.05) is 6.58 Å². The Morgan fingerprint density at radius 3 is 2.75 bits per heavy atom. The monoisotopic (exact) mass is 333 g/mol. The molecule has 0 unspecified atom stereocenters. The van der Waals surface area contributed by atoms with Crippen molar-refractivity contribution in [3.05, 3.63) is 23.9 Å². The smallest absolute Gasteiger partial charge is 0.354 e. The van der Waals surface area contributed by atoms with Gasteiger partial charge in [0.1, 0.15) is 16.9 Å². The van der Waals surface area contributed by atoms with Crippen LogP contribution in [0.25, 0.3) is 11.2 Å². The molecule has 1 aliphatic rings. The second-order valence-corrected chi connectivity index (χ2v) is 6.05. The van der Waals surface area contributed by atoms with Crippen LogP contribution in [-0.4, -0.2) is 23.5 Å². The maximum absolute atomic E-state index is 12.0. The molecule has 0 saturated heterocycles. The van der Waals surface area contributed by atoms with Crippen LogP contribution in [0.1, 0.15) is 37.0 Å². The van der Waals surface area contributed by atoms with Crippen LogP contribution in [0.2, 0.25) is 0 Å². The van der Waals surface area contributed by atoms with Gasteiger partial charge in [-0.25, -0.2) is 9.59 Å². The van der Waals surface area contributed by atoms with Crippen molar-refractivity contribution in [3.8, 4) is 11.5 Å². The molecule has 0 aliphatic carbocycles. The Morgan fingerprint density at radius 2 is 2.08 bits per heavy atom. The van der Waals surface area contributed by atoms with E-state index in [1.807, 2.05) is 0 Å². The zero-order chi connectivity index (χ0) is 17.6. The lowest BCUT2D eigenvalue weighted by Gasteiger charge is -2.24. The number of carbonyl (C=O) groups is 3. The van der Waals surface area contributed by atoms with Crippen molar-refractivity contribution >= 4 is 29.1 Å². The van der Waals surface area contributed by atoms with Crippen LogP contribution in [-0.2, 0) is 14.3 Å². The van der Waals surface area contributed by atoms with Gasteiger partial charge in [0.05, 0.1) is 0 Å². The van der Waals surface area contributed by atoms with E-state index in [-0.39, 0.29) is 41.2 Å². The summed E-state index contributed by atoms with van der Waals surface area (Å²) in [6.07, 6.45) is 0.183. The van der Waals surface area contributed by atoms with Gasteiger partial charge in [0.25, 0.3) is 0 Å². The summed E-state index contributed by atoms with van der Waals surface area (Å²) in [7, 11) is 0. The van der Waals surface area contributed by atoms with Crippen molar-refractivity contribution in [2.24, 2.45) is 5.73 Å². The molecule has 0 atom stereocenters. The molecule has 0 spiro atoms. The number of hydrogen-bond donors (Lipinski definition) is 1. The molecule has 0 radical (unpaired) electrons. The molecule has 3 heterocycles. The zero-order valence-electron chi connectivity index (χ0n) is 13.1.